The highest BCUT2D eigenvalue weighted by atomic mass is 28.4. The summed E-state index contributed by atoms with van der Waals surface area (Å²) in [6, 6.07) is 18.5. The first-order chi connectivity index (χ1) is 17.0. The Balaban J connectivity index is 2.01. The van der Waals surface area contributed by atoms with E-state index in [4.69, 9.17) is 13.6 Å². The summed E-state index contributed by atoms with van der Waals surface area (Å²) in [5, 5.41) is 11.7. The molecular formula is C31H52O4Si2. The molecule has 37 heavy (non-hydrogen) atoms. The third-order valence-electron chi connectivity index (χ3n) is 8.32. The molecule has 0 aromatic heterocycles. The van der Waals surface area contributed by atoms with E-state index in [-0.39, 0.29) is 10.1 Å². The molecule has 0 spiro atoms. The first kappa shape index (κ1) is 31.9. The quantitative estimate of drug-likeness (QED) is 0.260. The van der Waals surface area contributed by atoms with Crippen LogP contribution in [0.3, 0.4) is 0 Å². The van der Waals surface area contributed by atoms with Gasteiger partial charge in [-0.25, -0.2) is 0 Å². The van der Waals surface area contributed by atoms with Gasteiger partial charge in [0, 0.05) is 19.6 Å². The van der Waals surface area contributed by atoms with Gasteiger partial charge in [-0.2, -0.15) is 0 Å². The molecule has 0 amide bonds. The SMILES string of the molecule is CC(C)(C)[Si](C)(C)OCCc1ccccc1[C@@](C)(O)CCO[Si@](C)(COCc1ccccc1)C(C)(C)C. The van der Waals surface area contributed by atoms with Crippen molar-refractivity contribution in [3.63, 3.8) is 0 Å². The van der Waals surface area contributed by atoms with E-state index in [0.717, 1.165) is 17.5 Å². The number of hydrogen-bond acceptors (Lipinski definition) is 4. The summed E-state index contributed by atoms with van der Waals surface area (Å²) in [6.07, 6.45) is 1.95. The fourth-order valence-electron chi connectivity index (χ4n) is 3.92. The smallest absolute Gasteiger partial charge is 0.220 e. The Morgan fingerprint density at radius 2 is 1.32 bits per heavy atom. The molecule has 0 saturated heterocycles. The van der Waals surface area contributed by atoms with Crippen molar-refractivity contribution in [3.8, 4) is 0 Å². The third-order valence-corrected chi connectivity index (χ3v) is 17.6. The molecule has 6 heteroatoms. The van der Waals surface area contributed by atoms with Crippen molar-refractivity contribution >= 4 is 16.6 Å². The van der Waals surface area contributed by atoms with Gasteiger partial charge >= 0.3 is 0 Å². The molecule has 0 aliphatic rings. The molecular weight excluding hydrogens is 493 g/mol. The van der Waals surface area contributed by atoms with E-state index < -0.39 is 22.2 Å². The first-order valence-electron chi connectivity index (χ1n) is 13.7. The summed E-state index contributed by atoms with van der Waals surface area (Å²) in [6.45, 7) is 24.0. The van der Waals surface area contributed by atoms with Crippen LogP contribution in [0, 0.1) is 0 Å². The van der Waals surface area contributed by atoms with E-state index in [1.165, 1.54) is 5.56 Å². The van der Waals surface area contributed by atoms with Crippen molar-refractivity contribution in [2.24, 2.45) is 0 Å². The maximum Gasteiger partial charge on any atom is 0.220 e. The van der Waals surface area contributed by atoms with Crippen LogP contribution in [-0.2, 0) is 32.2 Å². The third kappa shape index (κ3) is 9.15. The van der Waals surface area contributed by atoms with Crippen LogP contribution >= 0.6 is 0 Å². The van der Waals surface area contributed by atoms with E-state index in [1.54, 1.807) is 0 Å². The Hall–Kier alpha value is -1.29. The summed E-state index contributed by atoms with van der Waals surface area (Å²) in [7, 11) is -4.03. The molecule has 0 saturated carbocycles. The molecule has 0 aliphatic heterocycles. The lowest BCUT2D eigenvalue weighted by Gasteiger charge is -2.40. The zero-order chi connectivity index (χ0) is 28.0. The van der Waals surface area contributed by atoms with Crippen molar-refractivity contribution in [1.82, 2.24) is 0 Å². The molecule has 0 heterocycles. The predicted octanol–water partition coefficient (Wildman–Crippen LogP) is 8.00. The van der Waals surface area contributed by atoms with Gasteiger partial charge in [-0.3, -0.25) is 0 Å². The van der Waals surface area contributed by atoms with Gasteiger partial charge in [0.2, 0.25) is 8.32 Å². The second-order valence-electron chi connectivity index (χ2n) is 13.3. The maximum atomic E-state index is 11.6. The van der Waals surface area contributed by atoms with Crippen LogP contribution in [0.25, 0.3) is 0 Å². The topological polar surface area (TPSA) is 47.9 Å². The fraction of sp³-hybridized carbons (Fsp3) is 0.613. The Bertz CT molecular complexity index is 961. The minimum Gasteiger partial charge on any atom is -0.416 e. The lowest BCUT2D eigenvalue weighted by atomic mass is 9.88. The van der Waals surface area contributed by atoms with E-state index >= 15 is 0 Å². The van der Waals surface area contributed by atoms with Crippen LogP contribution in [-0.4, -0.2) is 41.2 Å². The first-order valence-corrected chi connectivity index (χ1v) is 19.2. The van der Waals surface area contributed by atoms with Gasteiger partial charge in [0.25, 0.3) is 0 Å². The molecule has 0 bridgehead atoms. The Kier molecular flexibility index (Phi) is 11.0. The highest BCUT2D eigenvalue weighted by molar-refractivity contribution is 6.75. The van der Waals surface area contributed by atoms with Crippen molar-refractivity contribution < 1.29 is 18.7 Å². The molecule has 4 nitrogen and oxygen atoms in total. The fourth-order valence-corrected chi connectivity index (χ4v) is 6.96. The number of aliphatic hydroxyl groups is 1. The largest absolute Gasteiger partial charge is 0.416 e. The molecule has 0 aliphatic carbocycles. The molecule has 0 fully saturated rings. The number of ether oxygens (including phenoxy) is 1. The van der Waals surface area contributed by atoms with Gasteiger partial charge in [0.15, 0.2) is 8.32 Å². The second-order valence-corrected chi connectivity index (χ2v) is 22.7. The highest BCUT2D eigenvalue weighted by Gasteiger charge is 2.43. The predicted molar refractivity (Wildman–Crippen MR) is 161 cm³/mol. The van der Waals surface area contributed by atoms with Gasteiger partial charge in [-0.05, 0) is 59.8 Å². The minimum atomic E-state index is -2.23. The van der Waals surface area contributed by atoms with Gasteiger partial charge in [-0.1, -0.05) is 96.1 Å². The van der Waals surface area contributed by atoms with Gasteiger partial charge in [-0.15, -0.1) is 0 Å². The average Bonchev–Trinajstić information content (AvgIpc) is 2.78. The van der Waals surface area contributed by atoms with Crippen LogP contribution in [0.4, 0.5) is 0 Å². The van der Waals surface area contributed by atoms with E-state index in [9.17, 15) is 5.11 Å². The number of benzene rings is 2. The van der Waals surface area contributed by atoms with Crippen molar-refractivity contribution in [2.45, 2.75) is 103 Å². The molecule has 0 radical (unpaired) electrons. The van der Waals surface area contributed by atoms with Crippen LogP contribution < -0.4 is 0 Å². The Labute approximate surface area is 229 Å². The number of rotatable bonds is 13. The second kappa shape index (κ2) is 12.7. The molecule has 2 rings (SSSR count). The Morgan fingerprint density at radius 3 is 1.92 bits per heavy atom. The average molecular weight is 545 g/mol. The van der Waals surface area contributed by atoms with E-state index in [0.29, 0.717) is 32.5 Å². The van der Waals surface area contributed by atoms with Crippen molar-refractivity contribution in [3.05, 3.63) is 71.3 Å². The molecule has 1 N–H and O–H groups in total. The monoisotopic (exact) mass is 544 g/mol. The number of hydrogen-bond donors (Lipinski definition) is 1. The standard InChI is InChI=1S/C31H52O4Si2/c1-29(2,3)36(8,9)34-22-20-27-18-14-15-19-28(27)31(7,32)21-23-35-37(10,30(4,5)6)25-33-24-26-16-12-11-13-17-26/h11-19,32H,20-25H2,1-10H3/t31-,37+/m0/s1. The molecule has 2 aromatic carbocycles. The zero-order valence-corrected chi connectivity index (χ0v) is 27.1. The Morgan fingerprint density at radius 1 is 0.730 bits per heavy atom. The van der Waals surface area contributed by atoms with Crippen molar-refractivity contribution in [1.29, 1.82) is 0 Å². The van der Waals surface area contributed by atoms with Crippen molar-refractivity contribution in [2.75, 3.05) is 19.4 Å². The zero-order valence-electron chi connectivity index (χ0n) is 25.1. The van der Waals surface area contributed by atoms with Crippen LogP contribution in [0.1, 0.15) is 71.6 Å². The maximum absolute atomic E-state index is 11.6. The van der Waals surface area contributed by atoms with E-state index in [1.807, 2.05) is 43.3 Å². The van der Waals surface area contributed by atoms with Crippen LogP contribution in [0.2, 0.25) is 29.7 Å². The molecule has 0 unspecified atom stereocenters. The highest BCUT2D eigenvalue weighted by Crippen LogP contribution is 2.39. The summed E-state index contributed by atoms with van der Waals surface area (Å²) in [5.74, 6) is 0. The summed E-state index contributed by atoms with van der Waals surface area (Å²) in [4.78, 5) is 0. The van der Waals surface area contributed by atoms with E-state index in [2.05, 4.69) is 79.4 Å². The van der Waals surface area contributed by atoms with Gasteiger partial charge in [0.1, 0.15) is 0 Å². The lowest BCUT2D eigenvalue weighted by molar-refractivity contribution is 0.0283. The molecule has 2 aromatic rings. The summed E-state index contributed by atoms with van der Waals surface area (Å²) >= 11 is 0. The van der Waals surface area contributed by atoms with Crippen LogP contribution in [0.5, 0.6) is 0 Å². The van der Waals surface area contributed by atoms with Crippen LogP contribution in [0.15, 0.2) is 54.6 Å². The van der Waals surface area contributed by atoms with Gasteiger partial charge in [0.05, 0.1) is 18.4 Å². The normalized spacial score (nSPS) is 16.3. The van der Waals surface area contributed by atoms with Gasteiger partial charge < -0.3 is 18.7 Å². The minimum absolute atomic E-state index is 0.00847. The summed E-state index contributed by atoms with van der Waals surface area (Å²) < 4.78 is 19.2. The summed E-state index contributed by atoms with van der Waals surface area (Å²) in [5.41, 5.74) is 2.31. The molecule has 2 atom stereocenters. The lowest BCUT2D eigenvalue weighted by Crippen LogP contribution is -2.49. The molecule has 208 valence electrons.